The lowest BCUT2D eigenvalue weighted by Gasteiger charge is -1.98. The molecule has 0 nitrogen and oxygen atoms in total. The third kappa shape index (κ3) is 2.35. The van der Waals surface area contributed by atoms with Crippen molar-refractivity contribution in [2.45, 2.75) is 6.42 Å². The van der Waals surface area contributed by atoms with Gasteiger partial charge in [-0.25, -0.2) is 0 Å². The normalized spacial score (nSPS) is 10.0. The quantitative estimate of drug-likeness (QED) is 0.566. The van der Waals surface area contributed by atoms with Crippen molar-refractivity contribution in [3.05, 3.63) is 59.7 Å². The SMILES string of the molecule is Cl.Cl.Cl.c1ccc2c(c1)Cc1ccccc1-2. The van der Waals surface area contributed by atoms with Gasteiger partial charge in [0.25, 0.3) is 0 Å². The first-order chi connectivity index (χ1) is 6.45. The molecular weight excluding hydrogens is 263 g/mol. The second-order valence-electron chi connectivity index (χ2n) is 3.49. The van der Waals surface area contributed by atoms with Crippen LogP contribution in [0.15, 0.2) is 48.5 Å². The first-order valence-electron chi connectivity index (χ1n) is 4.61. The number of fused-ring (bicyclic) bond motifs is 3. The zero-order chi connectivity index (χ0) is 8.67. The average Bonchev–Trinajstić information content (AvgIpc) is 2.56. The van der Waals surface area contributed by atoms with Crippen molar-refractivity contribution in [1.29, 1.82) is 0 Å². The summed E-state index contributed by atoms with van der Waals surface area (Å²) < 4.78 is 0. The molecule has 1 aliphatic carbocycles. The molecule has 0 aliphatic heterocycles. The van der Waals surface area contributed by atoms with E-state index >= 15 is 0 Å². The molecule has 86 valence electrons. The topological polar surface area (TPSA) is 0 Å². The largest absolute Gasteiger partial charge is 0.147 e. The molecule has 0 radical (unpaired) electrons. The molecule has 1 aliphatic rings. The second-order valence-corrected chi connectivity index (χ2v) is 3.49. The fraction of sp³-hybridized carbons (Fsp3) is 0.0769. The number of rotatable bonds is 0. The molecule has 2 aromatic carbocycles. The minimum Gasteiger partial charge on any atom is -0.147 e. The highest BCUT2D eigenvalue weighted by atomic mass is 35.5. The molecule has 2 aromatic rings. The Morgan fingerprint density at radius 3 is 1.38 bits per heavy atom. The van der Waals surface area contributed by atoms with Gasteiger partial charge in [0.05, 0.1) is 0 Å². The number of hydrogen-bond donors (Lipinski definition) is 0. The Labute approximate surface area is 114 Å². The summed E-state index contributed by atoms with van der Waals surface area (Å²) in [6.07, 6.45) is 1.10. The first kappa shape index (κ1) is 15.3. The van der Waals surface area contributed by atoms with Crippen molar-refractivity contribution in [2.75, 3.05) is 0 Å². The summed E-state index contributed by atoms with van der Waals surface area (Å²) in [4.78, 5) is 0. The lowest BCUT2D eigenvalue weighted by Crippen LogP contribution is -1.77. The van der Waals surface area contributed by atoms with Crippen molar-refractivity contribution in [2.24, 2.45) is 0 Å². The maximum atomic E-state index is 2.22. The van der Waals surface area contributed by atoms with Gasteiger partial charge in [-0.3, -0.25) is 0 Å². The van der Waals surface area contributed by atoms with E-state index in [-0.39, 0.29) is 37.2 Å². The van der Waals surface area contributed by atoms with E-state index in [1.807, 2.05) is 0 Å². The molecule has 3 heteroatoms. The lowest BCUT2D eigenvalue weighted by molar-refractivity contribution is 1.26. The maximum Gasteiger partial charge on any atom is -0.00135 e. The van der Waals surface area contributed by atoms with E-state index in [1.165, 1.54) is 22.3 Å². The van der Waals surface area contributed by atoms with E-state index in [0.29, 0.717) is 0 Å². The van der Waals surface area contributed by atoms with Gasteiger partial charge in [-0.15, -0.1) is 37.2 Å². The van der Waals surface area contributed by atoms with Crippen LogP contribution in [0.25, 0.3) is 11.1 Å². The zero-order valence-corrected chi connectivity index (χ0v) is 11.0. The first-order valence-corrected chi connectivity index (χ1v) is 4.61. The molecule has 16 heavy (non-hydrogen) atoms. The van der Waals surface area contributed by atoms with Gasteiger partial charge in [0.1, 0.15) is 0 Å². The molecular formula is C13H13Cl3. The van der Waals surface area contributed by atoms with Crippen molar-refractivity contribution >= 4 is 37.2 Å². The smallest absolute Gasteiger partial charge is 0.00135 e. The Morgan fingerprint density at radius 2 is 0.938 bits per heavy atom. The van der Waals surface area contributed by atoms with E-state index in [1.54, 1.807) is 0 Å². The maximum absolute atomic E-state index is 2.22. The van der Waals surface area contributed by atoms with Gasteiger partial charge >= 0.3 is 0 Å². The van der Waals surface area contributed by atoms with Crippen LogP contribution in [0.4, 0.5) is 0 Å². The van der Waals surface area contributed by atoms with E-state index < -0.39 is 0 Å². The highest BCUT2D eigenvalue weighted by Crippen LogP contribution is 2.35. The van der Waals surface area contributed by atoms with Crippen molar-refractivity contribution < 1.29 is 0 Å². The monoisotopic (exact) mass is 274 g/mol. The van der Waals surface area contributed by atoms with Crippen LogP contribution in [-0.4, -0.2) is 0 Å². The van der Waals surface area contributed by atoms with E-state index in [4.69, 9.17) is 0 Å². The predicted octanol–water partition coefficient (Wildman–Crippen LogP) is 4.52. The number of benzene rings is 2. The van der Waals surface area contributed by atoms with Crippen LogP contribution in [0.1, 0.15) is 11.1 Å². The summed E-state index contributed by atoms with van der Waals surface area (Å²) in [6.45, 7) is 0. The molecule has 0 spiro atoms. The van der Waals surface area contributed by atoms with Crippen LogP contribution >= 0.6 is 37.2 Å². The predicted molar refractivity (Wildman–Crippen MR) is 76.4 cm³/mol. The van der Waals surface area contributed by atoms with Crippen molar-refractivity contribution in [1.82, 2.24) is 0 Å². The summed E-state index contributed by atoms with van der Waals surface area (Å²) >= 11 is 0. The molecule has 0 unspecified atom stereocenters. The zero-order valence-electron chi connectivity index (χ0n) is 8.55. The fourth-order valence-electron chi connectivity index (χ4n) is 2.08. The molecule has 0 saturated carbocycles. The third-order valence-electron chi connectivity index (χ3n) is 2.71. The Morgan fingerprint density at radius 1 is 0.562 bits per heavy atom. The molecule has 3 rings (SSSR count). The van der Waals surface area contributed by atoms with Crippen LogP contribution in [0.3, 0.4) is 0 Å². The molecule has 0 atom stereocenters. The highest BCUT2D eigenvalue weighted by molar-refractivity contribution is 5.86. The summed E-state index contributed by atoms with van der Waals surface area (Å²) in [5.41, 5.74) is 5.75. The minimum absolute atomic E-state index is 0. The van der Waals surface area contributed by atoms with Crippen molar-refractivity contribution in [3.8, 4) is 11.1 Å². The summed E-state index contributed by atoms with van der Waals surface area (Å²) in [5.74, 6) is 0. The van der Waals surface area contributed by atoms with E-state index in [2.05, 4.69) is 48.5 Å². The van der Waals surface area contributed by atoms with Crippen LogP contribution in [0.5, 0.6) is 0 Å². The van der Waals surface area contributed by atoms with Crippen LogP contribution in [-0.2, 0) is 6.42 Å². The molecule has 0 fully saturated rings. The van der Waals surface area contributed by atoms with Crippen molar-refractivity contribution in [3.63, 3.8) is 0 Å². The summed E-state index contributed by atoms with van der Waals surface area (Å²) in [6, 6.07) is 17.3. The molecule has 0 saturated heterocycles. The Bertz CT molecular complexity index is 423. The number of halogens is 3. The van der Waals surface area contributed by atoms with E-state index in [9.17, 15) is 0 Å². The Kier molecular flexibility index (Phi) is 5.88. The van der Waals surface area contributed by atoms with Gasteiger partial charge < -0.3 is 0 Å². The molecule has 0 bridgehead atoms. The fourth-order valence-corrected chi connectivity index (χ4v) is 2.08. The standard InChI is InChI=1S/C13H10.3ClH/c1-3-7-12-10(5-1)9-11-6-2-4-8-13(11)12;;;/h1-8H,9H2;3*1H. The second kappa shape index (κ2) is 6.15. The van der Waals surface area contributed by atoms with E-state index in [0.717, 1.165) is 6.42 Å². The molecule has 0 amide bonds. The lowest BCUT2D eigenvalue weighted by atomic mass is 10.1. The summed E-state index contributed by atoms with van der Waals surface area (Å²) in [7, 11) is 0. The highest BCUT2D eigenvalue weighted by Gasteiger charge is 2.15. The van der Waals surface area contributed by atoms with Gasteiger partial charge in [0.2, 0.25) is 0 Å². The van der Waals surface area contributed by atoms with Gasteiger partial charge in [-0.1, -0.05) is 48.5 Å². The number of hydrogen-bond acceptors (Lipinski definition) is 0. The van der Waals surface area contributed by atoms with Gasteiger partial charge in [0.15, 0.2) is 0 Å². The van der Waals surface area contributed by atoms with Gasteiger partial charge in [-0.05, 0) is 28.7 Å². The molecule has 0 heterocycles. The Balaban J connectivity index is 0.000000750. The molecule has 0 aromatic heterocycles. The average molecular weight is 276 g/mol. The summed E-state index contributed by atoms with van der Waals surface area (Å²) in [5, 5.41) is 0. The van der Waals surface area contributed by atoms with Crippen LogP contribution < -0.4 is 0 Å². The Hall–Kier alpha value is -0.690. The van der Waals surface area contributed by atoms with Gasteiger partial charge in [-0.2, -0.15) is 0 Å². The van der Waals surface area contributed by atoms with Crippen LogP contribution in [0, 0.1) is 0 Å². The van der Waals surface area contributed by atoms with Crippen LogP contribution in [0.2, 0.25) is 0 Å². The van der Waals surface area contributed by atoms with Gasteiger partial charge in [0, 0.05) is 0 Å². The third-order valence-corrected chi connectivity index (χ3v) is 2.71. The molecule has 0 N–H and O–H groups in total. The minimum atomic E-state index is 0.